The van der Waals surface area contributed by atoms with Crippen molar-refractivity contribution in [3.05, 3.63) is 103 Å². The smallest absolute Gasteiger partial charge is 0.406 e. The molecule has 2 aliphatic rings. The van der Waals surface area contributed by atoms with Crippen LogP contribution in [0.5, 0.6) is 5.75 Å². The van der Waals surface area contributed by atoms with E-state index in [9.17, 15) is 26.7 Å². The number of hydrogen-bond donors (Lipinski definition) is 2. The average molecular weight is 612 g/mol. The normalized spacial score (nSPS) is 20.6. The third kappa shape index (κ3) is 6.14. The van der Waals surface area contributed by atoms with Gasteiger partial charge in [0.15, 0.2) is 0 Å². The molecule has 9 nitrogen and oxygen atoms in total. The van der Waals surface area contributed by atoms with E-state index < -0.39 is 40.3 Å². The molecular weight excluding hydrogens is 583 g/mol. The van der Waals surface area contributed by atoms with Crippen LogP contribution in [-0.4, -0.2) is 61.1 Å². The molecule has 2 aliphatic heterocycles. The van der Waals surface area contributed by atoms with E-state index in [-0.39, 0.29) is 11.4 Å². The number of aliphatic hydroxyl groups is 1. The fourth-order valence-corrected chi connectivity index (χ4v) is 7.02. The molecule has 1 aromatic heterocycles. The Kier molecular flexibility index (Phi) is 7.71. The van der Waals surface area contributed by atoms with Crippen molar-refractivity contribution in [3.8, 4) is 5.75 Å². The first-order valence-electron chi connectivity index (χ1n) is 13.6. The van der Waals surface area contributed by atoms with Gasteiger partial charge in [-0.15, -0.1) is 13.2 Å². The highest BCUT2D eigenvalue weighted by molar-refractivity contribution is 7.89. The van der Waals surface area contributed by atoms with Crippen molar-refractivity contribution in [2.24, 2.45) is 0 Å². The number of alkyl halides is 3. The van der Waals surface area contributed by atoms with Crippen LogP contribution in [0.25, 0.3) is 0 Å². The standard InChI is InChI=1S/C30H28F3N5O4S/c31-30(32,33)42-22-11-13-23(14-12-22)43(40,41)36-24-17-37(28-15-16-34-19-35-28)18-27(29(24)39)38-25-7-3-1-5-20(25)9-10-21-6-2-4-8-26(21)38/h1-8,11-16,19,24,27,29,36,39H,9-10,17-18H2/t24-,27?,29+/m1/s1. The van der Waals surface area contributed by atoms with Gasteiger partial charge in [-0.05, 0) is 66.4 Å². The summed E-state index contributed by atoms with van der Waals surface area (Å²) in [4.78, 5) is 12.1. The van der Waals surface area contributed by atoms with Crippen LogP contribution in [-0.2, 0) is 22.9 Å². The van der Waals surface area contributed by atoms with E-state index in [0.29, 0.717) is 12.4 Å². The number of rotatable bonds is 6. The number of hydrogen-bond acceptors (Lipinski definition) is 8. The van der Waals surface area contributed by atoms with Crippen LogP contribution in [0, 0.1) is 0 Å². The highest BCUT2D eigenvalue weighted by Gasteiger charge is 2.43. The van der Waals surface area contributed by atoms with E-state index in [0.717, 1.165) is 59.6 Å². The Morgan fingerprint density at radius 2 is 1.51 bits per heavy atom. The van der Waals surface area contributed by atoms with E-state index in [1.54, 1.807) is 12.3 Å². The van der Waals surface area contributed by atoms with Crippen molar-refractivity contribution in [2.45, 2.75) is 42.3 Å². The number of halogens is 3. The number of aliphatic hydroxyl groups excluding tert-OH is 1. The van der Waals surface area contributed by atoms with Gasteiger partial charge in [0.25, 0.3) is 0 Å². The van der Waals surface area contributed by atoms with Crippen LogP contribution in [0.3, 0.4) is 0 Å². The third-order valence-electron chi connectivity index (χ3n) is 7.69. The van der Waals surface area contributed by atoms with Crippen LogP contribution < -0.4 is 19.3 Å². The maximum Gasteiger partial charge on any atom is 0.573 e. The molecule has 0 aliphatic carbocycles. The fourth-order valence-electron chi connectivity index (χ4n) is 5.78. The van der Waals surface area contributed by atoms with E-state index in [1.807, 2.05) is 41.3 Å². The number of aromatic nitrogens is 2. The summed E-state index contributed by atoms with van der Waals surface area (Å²) < 4.78 is 71.3. The van der Waals surface area contributed by atoms with E-state index in [4.69, 9.17) is 0 Å². The van der Waals surface area contributed by atoms with Crippen molar-refractivity contribution in [2.75, 3.05) is 22.9 Å². The fraction of sp³-hybridized carbons (Fsp3) is 0.267. The Bertz CT molecular complexity index is 1640. The number of nitrogens with zero attached hydrogens (tertiary/aromatic N) is 4. The average Bonchev–Trinajstić information content (AvgIpc) is 3.15. The summed E-state index contributed by atoms with van der Waals surface area (Å²) >= 11 is 0. The number of nitrogens with one attached hydrogen (secondary N) is 1. The van der Waals surface area contributed by atoms with E-state index >= 15 is 0 Å². The number of para-hydroxylation sites is 2. The Balaban J connectivity index is 1.38. The van der Waals surface area contributed by atoms with Gasteiger partial charge in [-0.2, -0.15) is 0 Å². The molecule has 13 heteroatoms. The van der Waals surface area contributed by atoms with Gasteiger partial charge in [-0.3, -0.25) is 0 Å². The van der Waals surface area contributed by atoms with Crippen molar-refractivity contribution < 1.29 is 31.4 Å². The largest absolute Gasteiger partial charge is 0.573 e. The molecule has 1 fully saturated rings. The molecule has 0 spiro atoms. The lowest BCUT2D eigenvalue weighted by atomic mass is 9.94. The summed E-state index contributed by atoms with van der Waals surface area (Å²) in [5.41, 5.74) is 4.04. The lowest BCUT2D eigenvalue weighted by Gasteiger charge is -2.47. The first-order valence-corrected chi connectivity index (χ1v) is 15.1. The quantitative estimate of drug-likeness (QED) is 0.334. The monoisotopic (exact) mass is 611 g/mol. The number of piperidine rings is 1. The molecule has 224 valence electrons. The molecule has 43 heavy (non-hydrogen) atoms. The van der Waals surface area contributed by atoms with E-state index in [2.05, 4.69) is 36.5 Å². The zero-order valence-electron chi connectivity index (χ0n) is 22.7. The molecule has 3 atom stereocenters. The minimum Gasteiger partial charge on any atom is -0.406 e. The zero-order chi connectivity index (χ0) is 30.2. The van der Waals surface area contributed by atoms with Gasteiger partial charge < -0.3 is 19.6 Å². The molecular formula is C30H28F3N5O4S. The van der Waals surface area contributed by atoms with Gasteiger partial charge in [0.05, 0.1) is 23.1 Å². The molecule has 6 rings (SSSR count). The Morgan fingerprint density at radius 1 is 0.884 bits per heavy atom. The SMILES string of the molecule is O=S(=O)(N[C@@H]1CN(c2ccncn2)CC(N2c3ccccc3CCc3ccccc32)[C@H]1O)c1ccc(OC(F)(F)F)cc1. The number of anilines is 3. The predicted molar refractivity (Wildman–Crippen MR) is 154 cm³/mol. The van der Waals surface area contributed by atoms with Gasteiger partial charge in [-0.1, -0.05) is 36.4 Å². The lowest BCUT2D eigenvalue weighted by Crippen LogP contribution is -2.65. The molecule has 3 aromatic carbocycles. The molecule has 0 bridgehead atoms. The van der Waals surface area contributed by atoms with Crippen molar-refractivity contribution in [3.63, 3.8) is 0 Å². The number of aryl methyl sites for hydroxylation is 2. The highest BCUT2D eigenvalue weighted by Crippen LogP contribution is 2.40. The van der Waals surface area contributed by atoms with Crippen molar-refractivity contribution >= 4 is 27.2 Å². The van der Waals surface area contributed by atoms with Gasteiger partial charge in [0, 0.05) is 30.7 Å². The summed E-state index contributed by atoms with van der Waals surface area (Å²) in [6.45, 7) is 0.406. The molecule has 2 N–H and O–H groups in total. The summed E-state index contributed by atoms with van der Waals surface area (Å²) in [6.07, 6.45) is -1.51. The zero-order valence-corrected chi connectivity index (χ0v) is 23.5. The number of fused-ring (bicyclic) bond motifs is 2. The summed E-state index contributed by atoms with van der Waals surface area (Å²) in [6, 6.07) is 19.9. The summed E-state index contributed by atoms with van der Waals surface area (Å²) in [5.74, 6) is 0.0128. The molecule has 4 aromatic rings. The summed E-state index contributed by atoms with van der Waals surface area (Å²) in [7, 11) is -4.27. The Hall–Kier alpha value is -4.20. The molecule has 3 heterocycles. The minimum absolute atomic E-state index is 0.0836. The van der Waals surface area contributed by atoms with Crippen LogP contribution >= 0.6 is 0 Å². The second-order valence-corrected chi connectivity index (χ2v) is 12.1. The van der Waals surface area contributed by atoms with Gasteiger partial charge >= 0.3 is 6.36 Å². The lowest BCUT2D eigenvalue weighted by molar-refractivity contribution is -0.274. The van der Waals surface area contributed by atoms with Gasteiger partial charge in [0.2, 0.25) is 10.0 Å². The van der Waals surface area contributed by atoms with Crippen LogP contribution in [0.1, 0.15) is 11.1 Å². The first kappa shape index (κ1) is 28.9. The molecule has 1 unspecified atom stereocenters. The van der Waals surface area contributed by atoms with Crippen molar-refractivity contribution in [1.82, 2.24) is 14.7 Å². The minimum atomic E-state index is -4.91. The second-order valence-electron chi connectivity index (χ2n) is 10.4. The maximum atomic E-state index is 13.5. The number of sulfonamides is 1. The predicted octanol–water partition coefficient (Wildman–Crippen LogP) is 4.21. The van der Waals surface area contributed by atoms with Gasteiger partial charge in [-0.25, -0.2) is 23.1 Å². The molecule has 0 saturated carbocycles. The van der Waals surface area contributed by atoms with Crippen LogP contribution in [0.4, 0.5) is 30.4 Å². The topological polar surface area (TPSA) is 108 Å². The maximum absolute atomic E-state index is 13.5. The van der Waals surface area contributed by atoms with E-state index in [1.165, 1.54) is 6.33 Å². The van der Waals surface area contributed by atoms with Gasteiger partial charge in [0.1, 0.15) is 17.9 Å². The van der Waals surface area contributed by atoms with Crippen molar-refractivity contribution in [1.29, 1.82) is 0 Å². The highest BCUT2D eigenvalue weighted by atomic mass is 32.2. The Morgan fingerprint density at radius 3 is 2.09 bits per heavy atom. The number of ether oxygens (including phenoxy) is 1. The molecule has 0 radical (unpaired) electrons. The third-order valence-corrected chi connectivity index (χ3v) is 9.20. The first-order chi connectivity index (χ1) is 20.6. The molecule has 1 saturated heterocycles. The summed E-state index contributed by atoms with van der Waals surface area (Å²) in [5, 5.41) is 11.9. The second kappa shape index (κ2) is 11.5. The molecule has 0 amide bonds. The van der Waals surface area contributed by atoms with Crippen LogP contribution in [0.2, 0.25) is 0 Å². The number of benzene rings is 3. The van der Waals surface area contributed by atoms with Crippen LogP contribution in [0.15, 0.2) is 96.3 Å². The Labute approximate surface area is 246 Å².